The lowest BCUT2D eigenvalue weighted by atomic mass is 10.2. The maximum atomic E-state index is 5.94. The smallest absolute Gasteiger partial charge is 0.0714 e. The molecule has 0 saturated carbocycles. The number of hydrogen-bond acceptors (Lipinski definition) is 4. The molecule has 16 heavy (non-hydrogen) atoms. The van der Waals surface area contributed by atoms with Crippen molar-refractivity contribution < 1.29 is 4.74 Å². The molecular weight excluding hydrogens is 220 g/mol. The van der Waals surface area contributed by atoms with E-state index >= 15 is 0 Å². The maximum absolute atomic E-state index is 5.94. The molecule has 0 aliphatic heterocycles. The first-order chi connectivity index (χ1) is 7.83. The van der Waals surface area contributed by atoms with E-state index in [9.17, 15) is 0 Å². The Kier molecular flexibility index (Phi) is 3.64. The molecule has 2 aromatic rings. The number of fused-ring (bicyclic) bond motifs is 1. The van der Waals surface area contributed by atoms with Gasteiger partial charge in [-0.25, -0.2) is 0 Å². The van der Waals surface area contributed by atoms with Crippen molar-refractivity contribution in [1.29, 1.82) is 0 Å². The average molecular weight is 234 g/mol. The number of para-hydroxylation sites is 1. The molecule has 84 valence electrons. The zero-order chi connectivity index (χ0) is 11.4. The lowest BCUT2D eigenvalue weighted by Crippen LogP contribution is -1.96. The van der Waals surface area contributed by atoms with Crippen molar-refractivity contribution in [3.63, 3.8) is 0 Å². The van der Waals surface area contributed by atoms with E-state index in [0.29, 0.717) is 0 Å². The van der Waals surface area contributed by atoms with Gasteiger partial charge in [0, 0.05) is 23.1 Å². The van der Waals surface area contributed by atoms with E-state index in [0.717, 1.165) is 33.8 Å². The first-order valence-electron chi connectivity index (χ1n) is 5.08. The van der Waals surface area contributed by atoms with Crippen LogP contribution in [0.2, 0.25) is 0 Å². The molecule has 0 bridgehead atoms. The van der Waals surface area contributed by atoms with Crippen molar-refractivity contribution in [2.45, 2.75) is 4.90 Å². The van der Waals surface area contributed by atoms with Crippen molar-refractivity contribution in [1.82, 2.24) is 4.98 Å². The van der Waals surface area contributed by atoms with E-state index in [1.807, 2.05) is 24.3 Å². The van der Waals surface area contributed by atoms with Gasteiger partial charge >= 0.3 is 0 Å². The lowest BCUT2D eigenvalue weighted by Gasteiger charge is -2.08. The highest BCUT2D eigenvalue weighted by molar-refractivity contribution is 7.99. The third kappa shape index (κ3) is 2.28. The van der Waals surface area contributed by atoms with Gasteiger partial charge in [-0.05, 0) is 6.07 Å². The van der Waals surface area contributed by atoms with Crippen LogP contribution in [0.5, 0.6) is 0 Å². The Hall–Kier alpha value is -1.26. The Morgan fingerprint density at radius 2 is 2.19 bits per heavy atom. The number of rotatable bonds is 4. The van der Waals surface area contributed by atoms with Gasteiger partial charge in [0.25, 0.3) is 0 Å². The van der Waals surface area contributed by atoms with Crippen LogP contribution in [0.3, 0.4) is 0 Å². The second-order valence-electron chi connectivity index (χ2n) is 3.40. The van der Waals surface area contributed by atoms with E-state index in [1.54, 1.807) is 25.1 Å². The summed E-state index contributed by atoms with van der Waals surface area (Å²) in [5.41, 5.74) is 7.66. The summed E-state index contributed by atoms with van der Waals surface area (Å²) in [6.45, 7) is 0.723. The summed E-state index contributed by atoms with van der Waals surface area (Å²) < 4.78 is 5.04. The van der Waals surface area contributed by atoms with Crippen LogP contribution < -0.4 is 5.73 Å². The summed E-state index contributed by atoms with van der Waals surface area (Å²) in [5.74, 6) is 0.898. The summed E-state index contributed by atoms with van der Waals surface area (Å²) in [5, 5.41) is 1.11. The Morgan fingerprint density at radius 3 is 3.00 bits per heavy atom. The molecule has 0 spiro atoms. The monoisotopic (exact) mass is 234 g/mol. The van der Waals surface area contributed by atoms with Gasteiger partial charge in [0.15, 0.2) is 0 Å². The fourth-order valence-corrected chi connectivity index (χ4v) is 2.52. The van der Waals surface area contributed by atoms with Crippen LogP contribution in [0.4, 0.5) is 5.69 Å². The number of ether oxygens (including phenoxy) is 1. The van der Waals surface area contributed by atoms with Gasteiger partial charge in [0.1, 0.15) is 0 Å². The number of hydrogen-bond donors (Lipinski definition) is 1. The lowest BCUT2D eigenvalue weighted by molar-refractivity contribution is 0.218. The van der Waals surface area contributed by atoms with E-state index in [1.165, 1.54) is 0 Å². The number of nitrogens with zero attached hydrogens (tertiary/aromatic N) is 1. The van der Waals surface area contributed by atoms with Gasteiger partial charge in [0.05, 0.1) is 24.0 Å². The largest absolute Gasteiger partial charge is 0.397 e. The molecule has 1 aromatic carbocycles. The van der Waals surface area contributed by atoms with E-state index in [4.69, 9.17) is 10.5 Å². The Labute approximate surface area is 99.0 Å². The standard InChI is InChI=1S/C12H14N2OS/c1-15-6-7-16-12-9-4-2-3-5-11(9)14-8-10(12)13/h2-5,8H,6-7,13H2,1H3. The molecule has 1 heterocycles. The molecule has 0 aliphatic rings. The molecule has 0 atom stereocenters. The Morgan fingerprint density at radius 1 is 1.38 bits per heavy atom. The zero-order valence-corrected chi connectivity index (χ0v) is 9.96. The van der Waals surface area contributed by atoms with Crippen molar-refractivity contribution in [3.05, 3.63) is 30.5 Å². The molecule has 0 saturated heterocycles. The van der Waals surface area contributed by atoms with Crippen molar-refractivity contribution in [2.75, 3.05) is 25.2 Å². The highest BCUT2D eigenvalue weighted by Gasteiger charge is 2.06. The number of nitrogens with two attached hydrogens (primary N) is 1. The molecule has 2 rings (SSSR count). The normalized spacial score (nSPS) is 10.8. The third-order valence-electron chi connectivity index (χ3n) is 2.29. The summed E-state index contributed by atoms with van der Waals surface area (Å²) in [6.07, 6.45) is 1.72. The molecule has 0 unspecified atom stereocenters. The first-order valence-corrected chi connectivity index (χ1v) is 6.06. The summed E-state index contributed by atoms with van der Waals surface area (Å²) in [7, 11) is 1.70. The fraction of sp³-hybridized carbons (Fsp3) is 0.250. The van der Waals surface area contributed by atoms with Crippen molar-refractivity contribution >= 4 is 28.4 Å². The summed E-state index contributed by atoms with van der Waals surface area (Å²) in [4.78, 5) is 5.40. The quantitative estimate of drug-likeness (QED) is 0.652. The second-order valence-corrected chi connectivity index (χ2v) is 4.51. The number of anilines is 1. The molecule has 3 nitrogen and oxygen atoms in total. The van der Waals surface area contributed by atoms with Crippen LogP contribution in [0.25, 0.3) is 10.9 Å². The average Bonchev–Trinajstić information content (AvgIpc) is 2.32. The Balaban J connectivity index is 2.37. The zero-order valence-electron chi connectivity index (χ0n) is 9.14. The van der Waals surface area contributed by atoms with Gasteiger partial charge in [0.2, 0.25) is 0 Å². The molecular formula is C12H14N2OS. The van der Waals surface area contributed by atoms with E-state index in [2.05, 4.69) is 4.98 Å². The Bertz CT molecular complexity index is 487. The summed E-state index contributed by atoms with van der Waals surface area (Å²) >= 11 is 1.71. The highest BCUT2D eigenvalue weighted by Crippen LogP contribution is 2.31. The van der Waals surface area contributed by atoms with E-state index in [-0.39, 0.29) is 0 Å². The molecule has 0 fully saturated rings. The fourth-order valence-electron chi connectivity index (χ4n) is 1.52. The molecule has 4 heteroatoms. The SMILES string of the molecule is COCCSc1c(N)cnc2ccccc12. The van der Waals surface area contributed by atoms with Crippen LogP contribution in [0.1, 0.15) is 0 Å². The second kappa shape index (κ2) is 5.18. The number of pyridine rings is 1. The number of methoxy groups -OCH3 is 1. The third-order valence-corrected chi connectivity index (χ3v) is 3.40. The number of aromatic nitrogens is 1. The predicted octanol–water partition coefficient (Wildman–Crippen LogP) is 2.56. The van der Waals surface area contributed by atoms with Crippen LogP contribution in [-0.4, -0.2) is 24.5 Å². The van der Waals surface area contributed by atoms with Gasteiger partial charge in [-0.2, -0.15) is 0 Å². The summed E-state index contributed by atoms with van der Waals surface area (Å²) in [6, 6.07) is 8.03. The number of benzene rings is 1. The molecule has 0 radical (unpaired) electrons. The minimum absolute atomic E-state index is 0.723. The maximum Gasteiger partial charge on any atom is 0.0714 e. The molecule has 0 amide bonds. The number of nitrogen functional groups attached to an aromatic ring is 1. The van der Waals surface area contributed by atoms with Crippen LogP contribution in [0, 0.1) is 0 Å². The van der Waals surface area contributed by atoms with Gasteiger partial charge in [-0.1, -0.05) is 18.2 Å². The number of thioether (sulfide) groups is 1. The van der Waals surface area contributed by atoms with Crippen molar-refractivity contribution in [2.24, 2.45) is 0 Å². The van der Waals surface area contributed by atoms with Gasteiger partial charge in [-0.3, -0.25) is 4.98 Å². The minimum Gasteiger partial charge on any atom is -0.397 e. The predicted molar refractivity (Wildman–Crippen MR) is 68.8 cm³/mol. The van der Waals surface area contributed by atoms with Gasteiger partial charge in [-0.15, -0.1) is 11.8 Å². The molecule has 2 N–H and O–H groups in total. The van der Waals surface area contributed by atoms with Crippen LogP contribution in [-0.2, 0) is 4.74 Å². The topological polar surface area (TPSA) is 48.1 Å². The van der Waals surface area contributed by atoms with Crippen LogP contribution in [0.15, 0.2) is 35.4 Å². The van der Waals surface area contributed by atoms with E-state index < -0.39 is 0 Å². The van der Waals surface area contributed by atoms with Gasteiger partial charge < -0.3 is 10.5 Å². The molecule has 0 aliphatic carbocycles. The highest BCUT2D eigenvalue weighted by atomic mass is 32.2. The van der Waals surface area contributed by atoms with Crippen molar-refractivity contribution in [3.8, 4) is 0 Å². The minimum atomic E-state index is 0.723. The first kappa shape index (κ1) is 11.2. The van der Waals surface area contributed by atoms with Crippen LogP contribution >= 0.6 is 11.8 Å². The molecule has 1 aromatic heterocycles.